The van der Waals surface area contributed by atoms with Gasteiger partial charge in [0, 0.05) is 5.56 Å². The zero-order valence-corrected chi connectivity index (χ0v) is 14.0. The van der Waals surface area contributed by atoms with Gasteiger partial charge < -0.3 is 4.43 Å². The lowest BCUT2D eigenvalue weighted by Gasteiger charge is -2.26. The van der Waals surface area contributed by atoms with E-state index >= 15 is 0 Å². The molecule has 110 valence electrons. The summed E-state index contributed by atoms with van der Waals surface area (Å²) in [6.45, 7) is 8.61. The molecule has 0 amide bonds. The maximum atomic E-state index is 6.36. The lowest BCUT2D eigenvalue weighted by atomic mass is 10.0. The van der Waals surface area contributed by atoms with Gasteiger partial charge in [-0.25, -0.2) is 0 Å². The van der Waals surface area contributed by atoms with Crippen LogP contribution >= 0.6 is 0 Å². The van der Waals surface area contributed by atoms with E-state index in [-0.39, 0.29) is 0 Å². The fraction of sp³-hybridized carbons (Fsp3) is 0.100. The topological polar surface area (TPSA) is 9.23 Å². The number of hydrogen-bond acceptors (Lipinski definition) is 1. The molecule has 22 heavy (non-hydrogen) atoms. The van der Waals surface area contributed by atoms with E-state index < -0.39 is 8.32 Å². The molecule has 0 aliphatic carbocycles. The van der Waals surface area contributed by atoms with Crippen LogP contribution < -0.4 is 5.19 Å². The summed E-state index contributed by atoms with van der Waals surface area (Å²) in [5.41, 5.74) is 1.08. The molecule has 0 aromatic heterocycles. The maximum absolute atomic E-state index is 6.36. The minimum absolute atomic E-state index is 0.761. The molecule has 0 aliphatic rings. The van der Waals surface area contributed by atoms with E-state index in [1.807, 2.05) is 6.07 Å². The van der Waals surface area contributed by atoms with Gasteiger partial charge in [-0.1, -0.05) is 79.4 Å². The van der Waals surface area contributed by atoms with E-state index in [4.69, 9.17) is 4.43 Å². The van der Waals surface area contributed by atoms with Crippen molar-refractivity contribution in [1.82, 2.24) is 0 Å². The number of fused-ring (bicyclic) bond motifs is 1. The van der Waals surface area contributed by atoms with Gasteiger partial charge in [0.15, 0.2) is 0 Å². The van der Waals surface area contributed by atoms with Gasteiger partial charge in [0.2, 0.25) is 0 Å². The van der Waals surface area contributed by atoms with Crippen LogP contribution in [0.25, 0.3) is 16.5 Å². The van der Waals surface area contributed by atoms with Crippen LogP contribution in [0.3, 0.4) is 0 Å². The second-order valence-electron chi connectivity index (χ2n) is 5.93. The van der Waals surface area contributed by atoms with E-state index in [2.05, 4.69) is 86.4 Å². The van der Waals surface area contributed by atoms with Crippen LogP contribution in [0.5, 0.6) is 0 Å². The molecule has 0 saturated carbocycles. The van der Waals surface area contributed by atoms with Gasteiger partial charge in [0.05, 0.1) is 0 Å². The molecule has 3 aromatic rings. The van der Waals surface area contributed by atoms with Crippen molar-refractivity contribution in [2.75, 3.05) is 0 Å². The van der Waals surface area contributed by atoms with Gasteiger partial charge in [-0.15, -0.1) is 0 Å². The lowest BCUT2D eigenvalue weighted by molar-refractivity contribution is 0.524. The van der Waals surface area contributed by atoms with Crippen molar-refractivity contribution in [3.05, 3.63) is 84.9 Å². The summed E-state index contributed by atoms with van der Waals surface area (Å²) in [5, 5.41) is 3.67. The van der Waals surface area contributed by atoms with Gasteiger partial charge in [-0.3, -0.25) is 0 Å². The van der Waals surface area contributed by atoms with E-state index in [1.54, 1.807) is 0 Å². The molecule has 0 aliphatic heterocycles. The first-order valence-electron chi connectivity index (χ1n) is 7.49. The third-order valence-electron chi connectivity index (χ3n) is 3.94. The van der Waals surface area contributed by atoms with Crippen molar-refractivity contribution in [2.24, 2.45) is 0 Å². The number of hydrogen-bond donors (Lipinski definition) is 0. The van der Waals surface area contributed by atoms with Crippen molar-refractivity contribution in [3.8, 4) is 0 Å². The average molecular weight is 304 g/mol. The zero-order valence-electron chi connectivity index (χ0n) is 13.0. The Hall–Kier alpha value is -2.32. The van der Waals surface area contributed by atoms with E-state index in [9.17, 15) is 0 Å². The lowest BCUT2D eigenvalue weighted by Crippen LogP contribution is -2.44. The van der Waals surface area contributed by atoms with Gasteiger partial charge in [0.25, 0.3) is 8.32 Å². The molecule has 3 rings (SSSR count). The number of rotatable bonds is 4. The smallest absolute Gasteiger partial charge is 0.276 e. The summed E-state index contributed by atoms with van der Waals surface area (Å²) >= 11 is 0. The summed E-state index contributed by atoms with van der Waals surface area (Å²) in [7, 11) is -2.01. The van der Waals surface area contributed by atoms with E-state index in [0.717, 1.165) is 11.3 Å². The Morgan fingerprint density at radius 2 is 1.45 bits per heavy atom. The maximum Gasteiger partial charge on any atom is 0.276 e. The molecule has 0 radical (unpaired) electrons. The first-order valence-corrected chi connectivity index (χ1v) is 10.4. The summed E-state index contributed by atoms with van der Waals surface area (Å²) in [5.74, 6) is 0.761. The van der Waals surface area contributed by atoms with Crippen LogP contribution in [0.15, 0.2) is 79.4 Å². The summed E-state index contributed by atoms with van der Waals surface area (Å²) < 4.78 is 6.36. The van der Waals surface area contributed by atoms with E-state index in [0.29, 0.717) is 0 Å². The molecule has 3 aromatic carbocycles. The van der Waals surface area contributed by atoms with Gasteiger partial charge in [-0.05, 0) is 29.1 Å². The summed E-state index contributed by atoms with van der Waals surface area (Å²) in [4.78, 5) is 0. The van der Waals surface area contributed by atoms with Crippen LogP contribution in [0.2, 0.25) is 13.1 Å². The van der Waals surface area contributed by atoms with Crippen molar-refractivity contribution >= 4 is 30.0 Å². The molecule has 0 heterocycles. The molecule has 0 spiro atoms. The monoisotopic (exact) mass is 304 g/mol. The largest absolute Gasteiger partial charge is 0.540 e. The molecule has 0 bridgehead atoms. The molecular formula is C20H20OSi. The SMILES string of the molecule is C=C(O[Si](C)(C)c1ccccc1)c1cccc2ccccc12. The van der Waals surface area contributed by atoms with E-state index in [1.165, 1.54) is 16.0 Å². The fourth-order valence-corrected chi connectivity index (χ4v) is 4.57. The first kappa shape index (κ1) is 14.6. The molecular weight excluding hydrogens is 284 g/mol. The van der Waals surface area contributed by atoms with Crippen LogP contribution in [-0.4, -0.2) is 8.32 Å². The third-order valence-corrected chi connectivity index (χ3v) is 6.42. The van der Waals surface area contributed by atoms with Crippen molar-refractivity contribution in [3.63, 3.8) is 0 Å². The third kappa shape index (κ3) is 2.83. The second-order valence-corrected chi connectivity index (χ2v) is 9.73. The molecule has 0 N–H and O–H groups in total. The molecule has 0 saturated heterocycles. The summed E-state index contributed by atoms with van der Waals surface area (Å²) in [6, 6.07) is 25.1. The van der Waals surface area contributed by atoms with Crippen molar-refractivity contribution < 1.29 is 4.43 Å². The Bertz CT molecular complexity index is 801. The highest BCUT2D eigenvalue weighted by atomic mass is 28.4. The predicted molar refractivity (Wildman–Crippen MR) is 97.6 cm³/mol. The van der Waals surface area contributed by atoms with Crippen LogP contribution in [0.4, 0.5) is 0 Å². The Labute approximate surface area is 133 Å². The Morgan fingerprint density at radius 3 is 2.23 bits per heavy atom. The van der Waals surface area contributed by atoms with Crippen LogP contribution in [-0.2, 0) is 4.43 Å². The summed E-state index contributed by atoms with van der Waals surface area (Å²) in [6.07, 6.45) is 0. The highest BCUT2D eigenvalue weighted by Crippen LogP contribution is 2.27. The Balaban J connectivity index is 1.94. The van der Waals surface area contributed by atoms with Crippen molar-refractivity contribution in [1.29, 1.82) is 0 Å². The highest BCUT2D eigenvalue weighted by Gasteiger charge is 2.28. The van der Waals surface area contributed by atoms with Crippen LogP contribution in [0.1, 0.15) is 5.56 Å². The molecule has 0 fully saturated rings. The van der Waals surface area contributed by atoms with Crippen LogP contribution in [0, 0.1) is 0 Å². The predicted octanol–water partition coefficient (Wildman–Crippen LogP) is 4.94. The van der Waals surface area contributed by atoms with Gasteiger partial charge in [-0.2, -0.15) is 0 Å². The second kappa shape index (κ2) is 5.82. The normalized spacial score (nSPS) is 11.4. The van der Waals surface area contributed by atoms with Gasteiger partial charge >= 0.3 is 0 Å². The molecule has 0 atom stereocenters. The zero-order chi connectivity index (χ0) is 15.6. The average Bonchev–Trinajstić information content (AvgIpc) is 2.54. The standard InChI is InChI=1S/C20H20OSi/c1-16(21-22(2,3)18-12-5-4-6-13-18)19-15-9-11-17-10-7-8-14-20(17)19/h4-15H,1H2,2-3H3. The highest BCUT2D eigenvalue weighted by molar-refractivity contribution is 6.85. The van der Waals surface area contributed by atoms with Gasteiger partial charge in [0.1, 0.15) is 5.76 Å². The Morgan fingerprint density at radius 1 is 0.818 bits per heavy atom. The minimum Gasteiger partial charge on any atom is -0.540 e. The molecule has 0 unspecified atom stereocenters. The quantitative estimate of drug-likeness (QED) is 0.490. The Kier molecular flexibility index (Phi) is 3.86. The minimum atomic E-state index is -2.01. The molecule has 2 heteroatoms. The molecule has 1 nitrogen and oxygen atoms in total. The first-order chi connectivity index (χ1) is 10.6. The fourth-order valence-electron chi connectivity index (χ4n) is 2.73. The number of benzene rings is 3. The van der Waals surface area contributed by atoms with Crippen molar-refractivity contribution in [2.45, 2.75) is 13.1 Å².